The molecule has 136 valence electrons. The number of aliphatic hydroxyl groups excluding tert-OH is 2. The molecule has 0 amide bonds. The summed E-state index contributed by atoms with van der Waals surface area (Å²) >= 11 is 0. The molecule has 2 unspecified atom stereocenters. The molecule has 0 radical (unpaired) electrons. The maximum Gasteiger partial charge on any atom is 0.125 e. The highest BCUT2D eigenvalue weighted by Gasteiger charge is 2.54. The van der Waals surface area contributed by atoms with Gasteiger partial charge in [0.1, 0.15) is 11.9 Å². The monoisotopic (exact) mass is 342 g/mol. The van der Waals surface area contributed by atoms with Crippen molar-refractivity contribution in [2.45, 2.75) is 63.6 Å². The van der Waals surface area contributed by atoms with E-state index in [1.54, 1.807) is 13.2 Å². The van der Waals surface area contributed by atoms with E-state index in [0.717, 1.165) is 43.4 Å². The van der Waals surface area contributed by atoms with Gasteiger partial charge in [-0.25, -0.2) is 0 Å². The molecule has 6 atom stereocenters. The molecular weight excluding hydrogens is 312 g/mol. The van der Waals surface area contributed by atoms with Crippen molar-refractivity contribution in [2.75, 3.05) is 7.11 Å². The Kier molecular flexibility index (Phi) is 4.20. The van der Waals surface area contributed by atoms with Gasteiger partial charge < -0.3 is 14.9 Å². The third-order valence-corrected chi connectivity index (χ3v) is 7.57. The van der Waals surface area contributed by atoms with Gasteiger partial charge in [0.05, 0.1) is 13.2 Å². The van der Waals surface area contributed by atoms with Crippen molar-refractivity contribution in [2.24, 2.45) is 17.3 Å². The van der Waals surface area contributed by atoms with Gasteiger partial charge in [-0.1, -0.05) is 13.0 Å². The molecule has 0 aliphatic heterocycles. The van der Waals surface area contributed by atoms with Gasteiger partial charge in [0.15, 0.2) is 0 Å². The Morgan fingerprint density at radius 3 is 2.80 bits per heavy atom. The highest BCUT2D eigenvalue weighted by Crippen LogP contribution is 2.61. The maximum absolute atomic E-state index is 10.5. The summed E-state index contributed by atoms with van der Waals surface area (Å²) in [5, 5.41) is 20.9. The first-order valence-corrected chi connectivity index (χ1v) is 9.69. The largest absolute Gasteiger partial charge is 0.496 e. The third kappa shape index (κ3) is 2.47. The van der Waals surface area contributed by atoms with Crippen molar-refractivity contribution in [1.29, 1.82) is 0 Å². The summed E-state index contributed by atoms with van der Waals surface area (Å²) in [6.45, 7) is 6.04. The van der Waals surface area contributed by atoms with Gasteiger partial charge in [0.25, 0.3) is 0 Å². The zero-order valence-electron chi connectivity index (χ0n) is 15.4. The summed E-state index contributed by atoms with van der Waals surface area (Å²) in [4.78, 5) is 0. The lowest BCUT2D eigenvalue weighted by Crippen LogP contribution is -2.44. The van der Waals surface area contributed by atoms with E-state index in [-0.39, 0.29) is 11.5 Å². The van der Waals surface area contributed by atoms with Crippen LogP contribution in [0.25, 0.3) is 0 Å². The standard InChI is InChI=1S/C22H30O3/c1-4-19(23)17-12-16-13(11-20(17)25-3)5-6-15-14(16)9-10-22(2)18(15)7-8-21(22)24/h4,11-12,14-15,18-19,21,23-24H,1,5-10H2,2-3H3/t14-,15+,18-,19?,21?,22-/m0/s1. The lowest BCUT2D eigenvalue weighted by molar-refractivity contribution is -0.0226. The number of benzene rings is 1. The van der Waals surface area contributed by atoms with Crippen LogP contribution in [0.3, 0.4) is 0 Å². The predicted octanol–water partition coefficient (Wildman–Crippen LogP) is 4.13. The fourth-order valence-corrected chi connectivity index (χ4v) is 6.12. The number of hydrogen-bond acceptors (Lipinski definition) is 3. The highest BCUT2D eigenvalue weighted by molar-refractivity contribution is 5.48. The Labute approximate surface area is 150 Å². The van der Waals surface area contributed by atoms with E-state index in [1.807, 2.05) is 0 Å². The normalized spacial score (nSPS) is 37.6. The third-order valence-electron chi connectivity index (χ3n) is 7.57. The molecule has 0 aromatic heterocycles. The van der Waals surface area contributed by atoms with E-state index in [9.17, 15) is 10.2 Å². The van der Waals surface area contributed by atoms with Crippen LogP contribution < -0.4 is 4.74 Å². The number of ether oxygens (including phenoxy) is 1. The van der Waals surface area contributed by atoms with Crippen LogP contribution in [0.15, 0.2) is 24.8 Å². The van der Waals surface area contributed by atoms with Crippen molar-refractivity contribution in [3.63, 3.8) is 0 Å². The quantitative estimate of drug-likeness (QED) is 0.812. The fourth-order valence-electron chi connectivity index (χ4n) is 6.12. The van der Waals surface area contributed by atoms with Gasteiger partial charge in [-0.15, -0.1) is 6.58 Å². The predicted molar refractivity (Wildman–Crippen MR) is 98.8 cm³/mol. The lowest BCUT2D eigenvalue weighted by atomic mass is 9.55. The second-order valence-electron chi connectivity index (χ2n) is 8.53. The zero-order valence-corrected chi connectivity index (χ0v) is 15.4. The van der Waals surface area contributed by atoms with Crippen molar-refractivity contribution in [3.8, 4) is 5.75 Å². The Bertz CT molecular complexity index is 682. The maximum atomic E-state index is 10.5. The van der Waals surface area contributed by atoms with Crippen LogP contribution in [0.5, 0.6) is 5.75 Å². The van der Waals surface area contributed by atoms with Gasteiger partial charge >= 0.3 is 0 Å². The van der Waals surface area contributed by atoms with Crippen LogP contribution in [0, 0.1) is 17.3 Å². The summed E-state index contributed by atoms with van der Waals surface area (Å²) in [5.41, 5.74) is 3.71. The summed E-state index contributed by atoms with van der Waals surface area (Å²) in [6, 6.07) is 4.30. The molecule has 3 nitrogen and oxygen atoms in total. The summed E-state index contributed by atoms with van der Waals surface area (Å²) in [5.74, 6) is 2.60. The first-order valence-electron chi connectivity index (χ1n) is 9.69. The number of aliphatic hydroxyl groups is 2. The molecular formula is C22H30O3. The van der Waals surface area contributed by atoms with Crippen LogP contribution in [0.1, 0.15) is 67.7 Å². The Hall–Kier alpha value is -1.32. The number of rotatable bonds is 3. The molecule has 0 heterocycles. The molecule has 1 aromatic carbocycles. The van der Waals surface area contributed by atoms with E-state index in [4.69, 9.17) is 4.74 Å². The number of fused-ring (bicyclic) bond motifs is 5. The van der Waals surface area contributed by atoms with E-state index < -0.39 is 6.10 Å². The molecule has 2 fully saturated rings. The summed E-state index contributed by atoms with van der Waals surface area (Å²) in [6.07, 6.45) is 7.37. The average molecular weight is 342 g/mol. The topological polar surface area (TPSA) is 49.7 Å². The van der Waals surface area contributed by atoms with Gasteiger partial charge in [-0.05, 0) is 85.0 Å². The van der Waals surface area contributed by atoms with Crippen molar-refractivity contribution in [1.82, 2.24) is 0 Å². The van der Waals surface area contributed by atoms with Crippen LogP contribution in [0.2, 0.25) is 0 Å². The average Bonchev–Trinajstić information content (AvgIpc) is 2.94. The van der Waals surface area contributed by atoms with Crippen LogP contribution in [-0.4, -0.2) is 23.4 Å². The van der Waals surface area contributed by atoms with Crippen LogP contribution in [-0.2, 0) is 6.42 Å². The second kappa shape index (κ2) is 6.14. The van der Waals surface area contributed by atoms with Crippen LogP contribution >= 0.6 is 0 Å². The molecule has 2 N–H and O–H groups in total. The van der Waals surface area contributed by atoms with E-state index in [1.165, 1.54) is 17.5 Å². The number of hydrogen-bond donors (Lipinski definition) is 2. The van der Waals surface area contributed by atoms with Gasteiger partial charge in [0.2, 0.25) is 0 Å². The fraction of sp³-hybridized carbons (Fsp3) is 0.636. The van der Waals surface area contributed by atoms with Crippen molar-refractivity contribution in [3.05, 3.63) is 41.5 Å². The summed E-state index contributed by atoms with van der Waals surface area (Å²) < 4.78 is 5.53. The Balaban J connectivity index is 1.74. The van der Waals surface area contributed by atoms with E-state index in [0.29, 0.717) is 17.8 Å². The minimum atomic E-state index is -0.692. The Morgan fingerprint density at radius 2 is 2.08 bits per heavy atom. The van der Waals surface area contributed by atoms with Crippen molar-refractivity contribution < 1.29 is 14.9 Å². The molecule has 1 aromatic rings. The molecule has 0 spiro atoms. The van der Waals surface area contributed by atoms with Gasteiger partial charge in [-0.2, -0.15) is 0 Å². The van der Waals surface area contributed by atoms with Gasteiger partial charge in [-0.3, -0.25) is 0 Å². The molecule has 3 aliphatic rings. The summed E-state index contributed by atoms with van der Waals surface area (Å²) in [7, 11) is 1.67. The molecule has 2 saturated carbocycles. The molecule has 3 aliphatic carbocycles. The number of methoxy groups -OCH3 is 1. The highest BCUT2D eigenvalue weighted by atomic mass is 16.5. The van der Waals surface area contributed by atoms with Gasteiger partial charge in [0, 0.05) is 5.56 Å². The zero-order chi connectivity index (χ0) is 17.8. The first-order chi connectivity index (χ1) is 12.0. The lowest BCUT2D eigenvalue weighted by Gasteiger charge is -2.50. The Morgan fingerprint density at radius 1 is 1.28 bits per heavy atom. The number of aryl methyl sites for hydroxylation is 1. The molecule has 0 saturated heterocycles. The first kappa shape index (κ1) is 17.1. The molecule has 0 bridgehead atoms. The molecule has 3 heteroatoms. The van der Waals surface area contributed by atoms with Crippen molar-refractivity contribution >= 4 is 0 Å². The minimum Gasteiger partial charge on any atom is -0.496 e. The smallest absolute Gasteiger partial charge is 0.125 e. The minimum absolute atomic E-state index is 0.106. The van der Waals surface area contributed by atoms with E-state index in [2.05, 4.69) is 25.6 Å². The molecule has 4 rings (SSSR count). The second-order valence-corrected chi connectivity index (χ2v) is 8.53. The molecule has 25 heavy (non-hydrogen) atoms. The SMILES string of the molecule is C=CC(O)c1cc2c(cc1OC)CC[C@@H]1[C@@H]2CC[C@]2(C)C(O)CC[C@@H]12. The van der Waals surface area contributed by atoms with Crippen LogP contribution in [0.4, 0.5) is 0 Å². The van der Waals surface area contributed by atoms with E-state index >= 15 is 0 Å².